The van der Waals surface area contributed by atoms with Crippen LogP contribution in [0, 0.1) is 0 Å². The van der Waals surface area contributed by atoms with Crippen molar-refractivity contribution in [2.45, 2.75) is 6.92 Å². The number of hydrogen-bond acceptors (Lipinski definition) is 3. The highest BCUT2D eigenvalue weighted by Crippen LogP contribution is 2.19. The summed E-state index contributed by atoms with van der Waals surface area (Å²) in [5, 5.41) is 0. The Kier molecular flexibility index (Phi) is 3.54. The van der Waals surface area contributed by atoms with Gasteiger partial charge in [-0.25, -0.2) is 9.79 Å². The number of benzene rings is 1. The van der Waals surface area contributed by atoms with Crippen LogP contribution in [0.4, 0.5) is 0 Å². The third kappa shape index (κ3) is 2.71. The summed E-state index contributed by atoms with van der Waals surface area (Å²) in [5.74, 6) is -0.0786. The van der Waals surface area contributed by atoms with Crippen LogP contribution in [-0.4, -0.2) is 11.9 Å². The summed E-state index contributed by atoms with van der Waals surface area (Å²) in [7, 11) is 0. The van der Waals surface area contributed by atoms with Crippen LogP contribution in [-0.2, 0) is 9.53 Å². The maximum Gasteiger partial charge on any atom is 0.363 e. The Morgan fingerprint density at radius 2 is 2.24 bits per heavy atom. The number of esters is 1. The molecule has 0 bridgehead atoms. The predicted molar refractivity (Wildman–Crippen MR) is 69.7 cm³/mol. The van der Waals surface area contributed by atoms with E-state index in [1.54, 1.807) is 12.2 Å². The molecule has 0 saturated carbocycles. The number of rotatable bonds is 2. The average Bonchev–Trinajstić information content (AvgIpc) is 2.68. The quantitative estimate of drug-likeness (QED) is 0.620. The maximum atomic E-state index is 11.5. The average molecular weight is 292 g/mol. The highest BCUT2D eigenvalue weighted by Gasteiger charge is 2.23. The fourth-order valence-corrected chi connectivity index (χ4v) is 1.75. The van der Waals surface area contributed by atoms with Crippen LogP contribution in [0.15, 0.2) is 57.7 Å². The number of hydrogen-bond donors (Lipinski definition) is 0. The second kappa shape index (κ2) is 5.10. The summed E-state index contributed by atoms with van der Waals surface area (Å²) in [4.78, 5) is 15.6. The van der Waals surface area contributed by atoms with Crippen molar-refractivity contribution in [1.82, 2.24) is 0 Å². The zero-order valence-corrected chi connectivity index (χ0v) is 10.8. The van der Waals surface area contributed by atoms with Crippen LogP contribution in [0.3, 0.4) is 0 Å². The molecule has 1 aromatic carbocycles. The van der Waals surface area contributed by atoms with Crippen LogP contribution in [0.5, 0.6) is 0 Å². The highest BCUT2D eigenvalue weighted by molar-refractivity contribution is 9.10. The Morgan fingerprint density at radius 3 is 2.94 bits per heavy atom. The lowest BCUT2D eigenvalue weighted by Gasteiger charge is -1.99. The maximum absolute atomic E-state index is 11.5. The summed E-state index contributed by atoms with van der Waals surface area (Å²) in [6.07, 6.45) is 5.21. The Bertz CT molecular complexity index is 544. The lowest BCUT2D eigenvalue weighted by molar-refractivity contribution is -0.130. The second-order valence-electron chi connectivity index (χ2n) is 3.39. The van der Waals surface area contributed by atoms with E-state index >= 15 is 0 Å². The SMILES string of the molecule is C/C=C/C=C1\N=C(c2cccc(Br)c2)OC1=O. The van der Waals surface area contributed by atoms with E-state index in [1.165, 1.54) is 0 Å². The van der Waals surface area contributed by atoms with Crippen molar-refractivity contribution in [2.75, 3.05) is 0 Å². The number of aliphatic imine (C=N–C) groups is 1. The van der Waals surface area contributed by atoms with E-state index in [0.29, 0.717) is 11.6 Å². The zero-order chi connectivity index (χ0) is 12.3. The van der Waals surface area contributed by atoms with Crippen LogP contribution in [0.1, 0.15) is 12.5 Å². The monoisotopic (exact) mass is 291 g/mol. The van der Waals surface area contributed by atoms with Crippen molar-refractivity contribution in [3.05, 3.63) is 58.2 Å². The first kappa shape index (κ1) is 11.8. The summed E-state index contributed by atoms with van der Waals surface area (Å²) < 4.78 is 6.02. The van der Waals surface area contributed by atoms with Gasteiger partial charge in [-0.2, -0.15) is 0 Å². The van der Waals surface area contributed by atoms with Gasteiger partial charge in [0.05, 0.1) is 0 Å². The third-order valence-corrected chi connectivity index (χ3v) is 2.63. The summed E-state index contributed by atoms with van der Waals surface area (Å²) >= 11 is 3.36. The molecule has 0 N–H and O–H groups in total. The molecule has 0 fully saturated rings. The van der Waals surface area contributed by atoms with Gasteiger partial charge in [-0.05, 0) is 31.2 Å². The highest BCUT2D eigenvalue weighted by atomic mass is 79.9. The minimum Gasteiger partial charge on any atom is -0.402 e. The number of allylic oxidation sites excluding steroid dienone is 3. The molecule has 0 amide bonds. The minimum atomic E-state index is -0.418. The predicted octanol–water partition coefficient (Wildman–Crippen LogP) is 3.21. The van der Waals surface area contributed by atoms with Crippen molar-refractivity contribution in [3.8, 4) is 0 Å². The van der Waals surface area contributed by atoms with Crippen molar-refractivity contribution in [2.24, 2.45) is 4.99 Å². The van der Waals surface area contributed by atoms with Gasteiger partial charge in [-0.1, -0.05) is 34.1 Å². The number of halogens is 1. The number of nitrogens with zero attached hydrogens (tertiary/aromatic N) is 1. The summed E-state index contributed by atoms with van der Waals surface area (Å²) in [6, 6.07) is 7.46. The Balaban J connectivity index is 2.33. The number of ether oxygens (including phenoxy) is 1. The van der Waals surface area contributed by atoms with E-state index in [0.717, 1.165) is 10.0 Å². The molecule has 0 saturated heterocycles. The molecule has 4 heteroatoms. The number of carbonyl (C=O) groups is 1. The van der Waals surface area contributed by atoms with Gasteiger partial charge < -0.3 is 4.74 Å². The van der Waals surface area contributed by atoms with Crippen molar-refractivity contribution in [3.63, 3.8) is 0 Å². The smallest absolute Gasteiger partial charge is 0.363 e. The Labute approximate surface area is 108 Å². The van der Waals surface area contributed by atoms with Gasteiger partial charge in [0, 0.05) is 10.0 Å². The first-order valence-electron chi connectivity index (χ1n) is 5.10. The first-order valence-corrected chi connectivity index (χ1v) is 5.90. The molecule has 0 aliphatic carbocycles. The van der Waals surface area contributed by atoms with Crippen LogP contribution >= 0.6 is 15.9 Å². The molecule has 0 aromatic heterocycles. The van der Waals surface area contributed by atoms with E-state index in [2.05, 4.69) is 20.9 Å². The molecule has 0 spiro atoms. The molecule has 86 valence electrons. The molecular formula is C13H10BrNO2. The van der Waals surface area contributed by atoms with Crippen LogP contribution < -0.4 is 0 Å². The lowest BCUT2D eigenvalue weighted by atomic mass is 10.2. The molecule has 3 nitrogen and oxygen atoms in total. The third-order valence-electron chi connectivity index (χ3n) is 2.14. The Morgan fingerprint density at radius 1 is 1.41 bits per heavy atom. The molecule has 1 aliphatic rings. The van der Waals surface area contributed by atoms with Gasteiger partial charge in [0.15, 0.2) is 5.70 Å². The van der Waals surface area contributed by atoms with E-state index in [-0.39, 0.29) is 0 Å². The van der Waals surface area contributed by atoms with Gasteiger partial charge in [0.1, 0.15) is 0 Å². The van der Waals surface area contributed by atoms with Gasteiger partial charge in [-0.15, -0.1) is 0 Å². The fourth-order valence-electron chi connectivity index (χ4n) is 1.36. The van der Waals surface area contributed by atoms with Crippen molar-refractivity contribution < 1.29 is 9.53 Å². The second-order valence-corrected chi connectivity index (χ2v) is 4.31. The lowest BCUT2D eigenvalue weighted by Crippen LogP contribution is -2.05. The first-order chi connectivity index (χ1) is 8.20. The molecule has 0 unspecified atom stereocenters. The Hall–Kier alpha value is -1.68. The molecular weight excluding hydrogens is 282 g/mol. The molecule has 1 heterocycles. The van der Waals surface area contributed by atoms with Gasteiger partial charge in [0.25, 0.3) is 0 Å². The summed E-state index contributed by atoms with van der Waals surface area (Å²) in [6.45, 7) is 1.87. The molecule has 2 rings (SSSR count). The molecule has 0 radical (unpaired) electrons. The summed E-state index contributed by atoms with van der Waals surface area (Å²) in [5.41, 5.74) is 1.09. The standard InChI is InChI=1S/C13H10BrNO2/c1-2-3-7-11-13(16)17-12(15-11)9-5-4-6-10(14)8-9/h2-8H,1H3/b3-2+,11-7-. The molecule has 17 heavy (non-hydrogen) atoms. The number of cyclic esters (lactones) is 1. The largest absolute Gasteiger partial charge is 0.402 e. The van der Waals surface area contributed by atoms with E-state index in [4.69, 9.17) is 4.74 Å². The van der Waals surface area contributed by atoms with Crippen molar-refractivity contribution >= 4 is 27.8 Å². The molecule has 1 aromatic rings. The number of carbonyl (C=O) groups excluding carboxylic acids is 1. The van der Waals surface area contributed by atoms with Crippen molar-refractivity contribution in [1.29, 1.82) is 0 Å². The molecule has 1 aliphatic heterocycles. The molecule has 0 atom stereocenters. The van der Waals surface area contributed by atoms with Crippen LogP contribution in [0.25, 0.3) is 0 Å². The van der Waals surface area contributed by atoms with Gasteiger partial charge in [0.2, 0.25) is 5.90 Å². The van der Waals surface area contributed by atoms with Crippen LogP contribution in [0.2, 0.25) is 0 Å². The van der Waals surface area contributed by atoms with E-state index < -0.39 is 5.97 Å². The topological polar surface area (TPSA) is 38.7 Å². The van der Waals surface area contributed by atoms with E-state index in [1.807, 2.05) is 37.3 Å². The minimum absolute atomic E-state index is 0.318. The van der Waals surface area contributed by atoms with Gasteiger partial charge in [-0.3, -0.25) is 0 Å². The normalized spacial score (nSPS) is 17.6. The zero-order valence-electron chi connectivity index (χ0n) is 9.18. The van der Waals surface area contributed by atoms with E-state index in [9.17, 15) is 4.79 Å². The van der Waals surface area contributed by atoms with Gasteiger partial charge >= 0.3 is 5.97 Å². The fraction of sp³-hybridized carbons (Fsp3) is 0.0769.